The second kappa shape index (κ2) is 7.54. The quantitative estimate of drug-likeness (QED) is 0.658. The molecule has 3 aromatic rings. The van der Waals surface area contributed by atoms with Gasteiger partial charge in [-0.3, -0.25) is 4.98 Å². The number of halogens is 1. The number of hydrogen-bond acceptors (Lipinski definition) is 3. The number of fused-ring (bicyclic) bond motifs is 1. The van der Waals surface area contributed by atoms with Gasteiger partial charge in [-0.2, -0.15) is 0 Å². The Kier molecular flexibility index (Phi) is 5.68. The van der Waals surface area contributed by atoms with Gasteiger partial charge in [0.05, 0.1) is 12.1 Å². The first-order valence-corrected chi connectivity index (χ1v) is 7.94. The van der Waals surface area contributed by atoms with Crippen LogP contribution in [0, 0.1) is 20.8 Å². The van der Waals surface area contributed by atoms with Crippen LogP contribution < -0.4 is 10.1 Å². The summed E-state index contributed by atoms with van der Waals surface area (Å²) < 4.78 is 5.63. The molecule has 0 radical (unpaired) electrons. The number of aryl methyl sites for hydroxylation is 3. The summed E-state index contributed by atoms with van der Waals surface area (Å²) in [5, 5.41) is 4.61. The van der Waals surface area contributed by atoms with E-state index in [2.05, 4.69) is 54.5 Å². The molecular formula is C20H23ClN2O. The number of nitrogens with zero attached hydrogens (tertiary/aromatic N) is 1. The minimum atomic E-state index is 0. The summed E-state index contributed by atoms with van der Waals surface area (Å²) in [6.45, 7) is 8.89. The maximum absolute atomic E-state index is 5.63. The fourth-order valence-electron chi connectivity index (χ4n) is 2.90. The van der Waals surface area contributed by atoms with Crippen LogP contribution in [0.3, 0.4) is 0 Å². The number of ether oxygens (including phenoxy) is 1. The van der Waals surface area contributed by atoms with Crippen molar-refractivity contribution in [1.29, 1.82) is 0 Å². The van der Waals surface area contributed by atoms with Crippen molar-refractivity contribution < 1.29 is 4.74 Å². The highest BCUT2D eigenvalue weighted by atomic mass is 35.5. The van der Waals surface area contributed by atoms with Gasteiger partial charge in [-0.05, 0) is 75.2 Å². The molecule has 126 valence electrons. The largest absolute Gasteiger partial charge is 0.494 e. The standard InChI is InChI=1S/C20H22N2O.ClH/c1-5-23-17-6-7-19-18(12-17)20(11-15(4)21-19)22-16-9-13(2)8-14(3)10-16;/h6-12H,5H2,1-4H3,(H,21,22);1H. The van der Waals surface area contributed by atoms with Crippen LogP contribution in [0.2, 0.25) is 0 Å². The van der Waals surface area contributed by atoms with E-state index in [1.54, 1.807) is 0 Å². The SMILES string of the molecule is CCOc1ccc2nc(C)cc(Nc3cc(C)cc(C)c3)c2c1.Cl. The van der Waals surface area contributed by atoms with Gasteiger partial charge in [0, 0.05) is 22.5 Å². The van der Waals surface area contributed by atoms with Crippen molar-refractivity contribution in [3.63, 3.8) is 0 Å². The van der Waals surface area contributed by atoms with Gasteiger partial charge in [0.1, 0.15) is 5.75 Å². The number of anilines is 2. The molecular weight excluding hydrogens is 320 g/mol. The van der Waals surface area contributed by atoms with Crippen molar-refractivity contribution in [2.45, 2.75) is 27.7 Å². The van der Waals surface area contributed by atoms with Gasteiger partial charge in [0.15, 0.2) is 0 Å². The molecule has 0 aliphatic rings. The smallest absolute Gasteiger partial charge is 0.120 e. The molecule has 4 heteroatoms. The van der Waals surface area contributed by atoms with Crippen LogP contribution >= 0.6 is 12.4 Å². The molecule has 3 nitrogen and oxygen atoms in total. The lowest BCUT2D eigenvalue weighted by Gasteiger charge is -2.13. The molecule has 0 spiro atoms. The molecule has 0 aliphatic carbocycles. The highest BCUT2D eigenvalue weighted by molar-refractivity contribution is 5.94. The number of hydrogen-bond donors (Lipinski definition) is 1. The summed E-state index contributed by atoms with van der Waals surface area (Å²) in [5.41, 5.74) is 6.61. The average molecular weight is 343 g/mol. The first-order chi connectivity index (χ1) is 11.0. The van der Waals surface area contributed by atoms with E-state index in [4.69, 9.17) is 4.74 Å². The molecule has 0 atom stereocenters. The van der Waals surface area contributed by atoms with Crippen molar-refractivity contribution in [1.82, 2.24) is 4.98 Å². The third-order valence-electron chi connectivity index (χ3n) is 3.72. The second-order valence-corrected chi connectivity index (χ2v) is 5.92. The topological polar surface area (TPSA) is 34.1 Å². The van der Waals surface area contributed by atoms with E-state index in [0.717, 1.165) is 33.7 Å². The first kappa shape index (κ1) is 18.1. The van der Waals surface area contributed by atoms with E-state index < -0.39 is 0 Å². The van der Waals surface area contributed by atoms with Crippen LogP contribution in [-0.4, -0.2) is 11.6 Å². The molecule has 24 heavy (non-hydrogen) atoms. The molecule has 1 N–H and O–H groups in total. The molecule has 0 saturated carbocycles. The molecule has 2 aromatic carbocycles. The molecule has 0 unspecified atom stereocenters. The van der Waals surface area contributed by atoms with Gasteiger partial charge < -0.3 is 10.1 Å². The van der Waals surface area contributed by atoms with E-state index in [9.17, 15) is 0 Å². The van der Waals surface area contributed by atoms with Gasteiger partial charge in [-0.15, -0.1) is 12.4 Å². The Morgan fingerprint density at radius 1 is 0.958 bits per heavy atom. The third kappa shape index (κ3) is 3.98. The van der Waals surface area contributed by atoms with Crippen molar-refractivity contribution in [3.05, 3.63) is 59.3 Å². The van der Waals surface area contributed by atoms with Gasteiger partial charge >= 0.3 is 0 Å². The van der Waals surface area contributed by atoms with E-state index >= 15 is 0 Å². The Hall–Kier alpha value is -2.26. The number of rotatable bonds is 4. The van der Waals surface area contributed by atoms with Crippen molar-refractivity contribution in [2.75, 3.05) is 11.9 Å². The van der Waals surface area contributed by atoms with Gasteiger partial charge in [0.25, 0.3) is 0 Å². The van der Waals surface area contributed by atoms with Crippen LogP contribution in [0.1, 0.15) is 23.7 Å². The molecule has 0 saturated heterocycles. The first-order valence-electron chi connectivity index (χ1n) is 7.94. The van der Waals surface area contributed by atoms with Crippen molar-refractivity contribution in [3.8, 4) is 5.75 Å². The molecule has 0 fully saturated rings. The summed E-state index contributed by atoms with van der Waals surface area (Å²) >= 11 is 0. The van der Waals surface area contributed by atoms with E-state index in [-0.39, 0.29) is 12.4 Å². The Labute approximate surface area is 149 Å². The third-order valence-corrected chi connectivity index (χ3v) is 3.72. The minimum absolute atomic E-state index is 0. The normalized spacial score (nSPS) is 10.3. The fraction of sp³-hybridized carbons (Fsp3) is 0.250. The number of pyridine rings is 1. The monoisotopic (exact) mass is 342 g/mol. The second-order valence-electron chi connectivity index (χ2n) is 5.92. The lowest BCUT2D eigenvalue weighted by Crippen LogP contribution is -1.97. The average Bonchev–Trinajstić information content (AvgIpc) is 2.47. The Bertz CT molecular complexity index is 841. The van der Waals surface area contributed by atoms with Crippen LogP contribution in [-0.2, 0) is 0 Å². The summed E-state index contributed by atoms with van der Waals surface area (Å²) in [5.74, 6) is 0.870. The summed E-state index contributed by atoms with van der Waals surface area (Å²) in [6.07, 6.45) is 0. The van der Waals surface area contributed by atoms with Gasteiger partial charge in [0.2, 0.25) is 0 Å². The lowest BCUT2D eigenvalue weighted by atomic mass is 10.1. The Morgan fingerprint density at radius 2 is 1.67 bits per heavy atom. The molecule has 1 aromatic heterocycles. The number of nitrogens with one attached hydrogen (secondary N) is 1. The van der Waals surface area contributed by atoms with Crippen molar-refractivity contribution in [2.24, 2.45) is 0 Å². The maximum atomic E-state index is 5.63. The summed E-state index contributed by atoms with van der Waals surface area (Å²) in [4.78, 5) is 4.62. The molecule has 0 amide bonds. The summed E-state index contributed by atoms with van der Waals surface area (Å²) in [6, 6.07) is 14.6. The van der Waals surface area contributed by atoms with Crippen molar-refractivity contribution >= 4 is 34.7 Å². The highest BCUT2D eigenvalue weighted by Crippen LogP contribution is 2.30. The minimum Gasteiger partial charge on any atom is -0.494 e. The van der Waals surface area contributed by atoms with Crippen LogP contribution in [0.25, 0.3) is 10.9 Å². The Morgan fingerprint density at radius 3 is 2.33 bits per heavy atom. The fourth-order valence-corrected chi connectivity index (χ4v) is 2.90. The zero-order chi connectivity index (χ0) is 16.4. The number of aromatic nitrogens is 1. The zero-order valence-electron chi connectivity index (χ0n) is 14.5. The predicted octanol–water partition coefficient (Wildman–Crippen LogP) is 5.72. The molecule has 0 aliphatic heterocycles. The van der Waals surface area contributed by atoms with Gasteiger partial charge in [-0.1, -0.05) is 6.07 Å². The lowest BCUT2D eigenvalue weighted by molar-refractivity contribution is 0.340. The van der Waals surface area contributed by atoms with E-state index in [1.165, 1.54) is 11.1 Å². The van der Waals surface area contributed by atoms with Crippen LogP contribution in [0.4, 0.5) is 11.4 Å². The molecule has 3 rings (SSSR count). The molecule has 1 heterocycles. The van der Waals surface area contributed by atoms with Crippen LogP contribution in [0.5, 0.6) is 5.75 Å². The zero-order valence-corrected chi connectivity index (χ0v) is 15.3. The highest BCUT2D eigenvalue weighted by Gasteiger charge is 2.07. The van der Waals surface area contributed by atoms with E-state index in [0.29, 0.717) is 6.61 Å². The van der Waals surface area contributed by atoms with Crippen LogP contribution in [0.15, 0.2) is 42.5 Å². The maximum Gasteiger partial charge on any atom is 0.120 e. The molecule has 0 bridgehead atoms. The number of benzene rings is 2. The Balaban J connectivity index is 0.00000208. The predicted molar refractivity (Wildman–Crippen MR) is 104 cm³/mol. The van der Waals surface area contributed by atoms with Gasteiger partial charge in [-0.25, -0.2) is 0 Å². The van der Waals surface area contributed by atoms with E-state index in [1.807, 2.05) is 26.0 Å². The summed E-state index contributed by atoms with van der Waals surface area (Å²) in [7, 11) is 0.